The number of amides is 1. The standard InChI is InChI=1S/C18H32N2O3Si/c1-18(2,3)24(6,7)23-13-16(21)12-19-17(22)14-8-10-15(11-9-14)20(4)5/h8-11,16,21H,12-13H2,1-7H3,(H,19,22). The van der Waals surface area contributed by atoms with E-state index in [1.54, 1.807) is 12.1 Å². The number of nitrogens with zero attached hydrogens (tertiary/aromatic N) is 1. The molecule has 0 bridgehead atoms. The molecule has 0 aromatic heterocycles. The van der Waals surface area contributed by atoms with E-state index in [2.05, 4.69) is 39.2 Å². The van der Waals surface area contributed by atoms with Crippen molar-refractivity contribution in [3.05, 3.63) is 29.8 Å². The van der Waals surface area contributed by atoms with Gasteiger partial charge in [-0.25, -0.2) is 0 Å². The van der Waals surface area contributed by atoms with Crippen LogP contribution in [-0.4, -0.2) is 52.7 Å². The van der Waals surface area contributed by atoms with Gasteiger partial charge in [0.05, 0.1) is 12.7 Å². The summed E-state index contributed by atoms with van der Waals surface area (Å²) in [6.07, 6.45) is -0.705. The highest BCUT2D eigenvalue weighted by atomic mass is 28.4. The van der Waals surface area contributed by atoms with E-state index in [0.29, 0.717) is 5.56 Å². The van der Waals surface area contributed by atoms with Crippen molar-refractivity contribution in [2.45, 2.75) is 45.0 Å². The molecule has 0 radical (unpaired) electrons. The number of carbonyl (C=O) groups is 1. The smallest absolute Gasteiger partial charge is 0.251 e. The minimum Gasteiger partial charge on any atom is -0.414 e. The fraction of sp³-hybridized carbons (Fsp3) is 0.611. The second-order valence-corrected chi connectivity index (χ2v) is 12.7. The number of nitrogens with one attached hydrogen (secondary N) is 1. The number of benzene rings is 1. The largest absolute Gasteiger partial charge is 0.414 e. The molecule has 0 saturated heterocycles. The van der Waals surface area contributed by atoms with E-state index < -0.39 is 14.4 Å². The van der Waals surface area contributed by atoms with Gasteiger partial charge in [0.2, 0.25) is 0 Å². The van der Waals surface area contributed by atoms with E-state index in [-0.39, 0.29) is 24.1 Å². The number of aliphatic hydroxyl groups is 1. The van der Waals surface area contributed by atoms with E-state index in [1.807, 2.05) is 31.1 Å². The van der Waals surface area contributed by atoms with Crippen molar-refractivity contribution >= 4 is 19.9 Å². The quantitative estimate of drug-likeness (QED) is 0.741. The summed E-state index contributed by atoms with van der Waals surface area (Å²) in [5.74, 6) is -0.188. The lowest BCUT2D eigenvalue weighted by atomic mass is 10.2. The molecule has 5 nitrogen and oxygen atoms in total. The van der Waals surface area contributed by atoms with Gasteiger partial charge >= 0.3 is 0 Å². The van der Waals surface area contributed by atoms with Gasteiger partial charge in [0, 0.05) is 31.9 Å². The van der Waals surface area contributed by atoms with E-state index in [0.717, 1.165) is 5.69 Å². The molecule has 1 aromatic carbocycles. The van der Waals surface area contributed by atoms with Gasteiger partial charge in [-0.15, -0.1) is 0 Å². The lowest BCUT2D eigenvalue weighted by molar-refractivity contribution is 0.0821. The van der Waals surface area contributed by atoms with Crippen molar-refractivity contribution in [1.29, 1.82) is 0 Å². The predicted octanol–water partition coefficient (Wildman–Crippen LogP) is 2.87. The molecule has 1 unspecified atom stereocenters. The van der Waals surface area contributed by atoms with Crippen molar-refractivity contribution < 1.29 is 14.3 Å². The molecular formula is C18H32N2O3Si. The summed E-state index contributed by atoms with van der Waals surface area (Å²) in [6, 6.07) is 7.35. The molecule has 1 atom stereocenters. The molecule has 0 spiro atoms. The Hall–Kier alpha value is -1.37. The van der Waals surface area contributed by atoms with Crippen molar-refractivity contribution in [1.82, 2.24) is 5.32 Å². The molecule has 1 amide bonds. The van der Waals surface area contributed by atoms with Crippen LogP contribution in [0.3, 0.4) is 0 Å². The molecule has 0 aliphatic rings. The summed E-state index contributed by atoms with van der Waals surface area (Å²) in [5.41, 5.74) is 1.62. The van der Waals surface area contributed by atoms with E-state index in [4.69, 9.17) is 4.43 Å². The van der Waals surface area contributed by atoms with Gasteiger partial charge in [0.25, 0.3) is 5.91 Å². The fourth-order valence-corrected chi connectivity index (χ4v) is 2.85. The first-order valence-corrected chi connectivity index (χ1v) is 11.2. The number of anilines is 1. The maximum Gasteiger partial charge on any atom is 0.251 e. The van der Waals surface area contributed by atoms with Crippen LogP contribution in [0.1, 0.15) is 31.1 Å². The second kappa shape index (κ2) is 8.14. The molecule has 6 heteroatoms. The molecule has 0 saturated carbocycles. The van der Waals surface area contributed by atoms with E-state index in [1.165, 1.54) is 0 Å². The minimum absolute atomic E-state index is 0.101. The maximum absolute atomic E-state index is 12.1. The number of hydrogen-bond donors (Lipinski definition) is 2. The third kappa shape index (κ3) is 5.92. The Bertz CT molecular complexity index is 536. The predicted molar refractivity (Wildman–Crippen MR) is 102 cm³/mol. The fourth-order valence-electron chi connectivity index (χ4n) is 1.80. The normalized spacial score (nSPS) is 13.5. The summed E-state index contributed by atoms with van der Waals surface area (Å²) in [7, 11) is 2.02. The van der Waals surface area contributed by atoms with Gasteiger partial charge in [0.15, 0.2) is 8.32 Å². The van der Waals surface area contributed by atoms with Gasteiger partial charge in [-0.3, -0.25) is 4.79 Å². The first-order chi connectivity index (χ1) is 10.9. The summed E-state index contributed by atoms with van der Waals surface area (Å²) in [6.45, 7) is 11.2. The van der Waals surface area contributed by atoms with Gasteiger partial charge in [-0.1, -0.05) is 20.8 Å². The molecule has 136 valence electrons. The summed E-state index contributed by atoms with van der Waals surface area (Å²) in [5, 5.41) is 12.9. The molecule has 2 N–H and O–H groups in total. The molecular weight excluding hydrogens is 320 g/mol. The highest BCUT2D eigenvalue weighted by Crippen LogP contribution is 2.36. The Morgan fingerprint density at radius 2 is 1.79 bits per heavy atom. The Balaban J connectivity index is 2.46. The molecule has 1 aromatic rings. The number of aliphatic hydroxyl groups excluding tert-OH is 1. The third-order valence-electron chi connectivity index (χ3n) is 4.59. The van der Waals surface area contributed by atoms with Crippen LogP contribution in [0.5, 0.6) is 0 Å². The highest BCUT2D eigenvalue weighted by molar-refractivity contribution is 6.74. The zero-order valence-corrected chi connectivity index (χ0v) is 17.0. The Morgan fingerprint density at radius 1 is 1.25 bits per heavy atom. The topological polar surface area (TPSA) is 61.8 Å². The van der Waals surface area contributed by atoms with Crippen LogP contribution in [0.15, 0.2) is 24.3 Å². The van der Waals surface area contributed by atoms with Crippen LogP contribution in [0.2, 0.25) is 18.1 Å². The maximum atomic E-state index is 12.1. The zero-order chi connectivity index (χ0) is 18.5. The first-order valence-electron chi connectivity index (χ1n) is 8.31. The van der Waals surface area contributed by atoms with Crippen LogP contribution < -0.4 is 10.2 Å². The third-order valence-corrected chi connectivity index (χ3v) is 9.09. The molecule has 24 heavy (non-hydrogen) atoms. The molecule has 0 aliphatic carbocycles. The summed E-state index contributed by atoms with van der Waals surface area (Å²) < 4.78 is 5.97. The average molecular weight is 353 g/mol. The van der Waals surface area contributed by atoms with Crippen LogP contribution >= 0.6 is 0 Å². The minimum atomic E-state index is -1.88. The Morgan fingerprint density at radius 3 is 2.25 bits per heavy atom. The lowest BCUT2D eigenvalue weighted by Crippen LogP contribution is -2.44. The Labute approximate surface area is 147 Å². The lowest BCUT2D eigenvalue weighted by Gasteiger charge is -2.36. The van der Waals surface area contributed by atoms with Crippen molar-refractivity contribution in [3.63, 3.8) is 0 Å². The van der Waals surface area contributed by atoms with Crippen LogP contribution in [0.4, 0.5) is 5.69 Å². The number of hydrogen-bond acceptors (Lipinski definition) is 4. The molecule has 0 aliphatic heterocycles. The van der Waals surface area contributed by atoms with Crippen molar-refractivity contribution in [3.8, 4) is 0 Å². The van der Waals surface area contributed by atoms with Gasteiger partial charge in [0.1, 0.15) is 0 Å². The average Bonchev–Trinajstić information content (AvgIpc) is 2.49. The molecule has 0 fully saturated rings. The van der Waals surface area contributed by atoms with Crippen molar-refractivity contribution in [2.24, 2.45) is 0 Å². The molecule has 0 heterocycles. The van der Waals surface area contributed by atoms with E-state index in [9.17, 15) is 9.90 Å². The van der Waals surface area contributed by atoms with Gasteiger partial charge < -0.3 is 19.7 Å². The van der Waals surface area contributed by atoms with Gasteiger partial charge in [-0.2, -0.15) is 0 Å². The van der Waals surface area contributed by atoms with Crippen molar-refractivity contribution in [2.75, 3.05) is 32.1 Å². The Kier molecular flexibility index (Phi) is 7.01. The van der Waals surface area contributed by atoms with Gasteiger partial charge in [-0.05, 0) is 42.4 Å². The van der Waals surface area contributed by atoms with Crippen LogP contribution in [0.25, 0.3) is 0 Å². The zero-order valence-electron chi connectivity index (χ0n) is 16.0. The monoisotopic (exact) mass is 352 g/mol. The number of carbonyl (C=O) groups excluding carboxylic acids is 1. The van der Waals surface area contributed by atoms with E-state index >= 15 is 0 Å². The SMILES string of the molecule is CN(C)c1ccc(C(=O)NCC(O)CO[Si](C)(C)C(C)(C)C)cc1. The van der Waals surface area contributed by atoms with Crippen LogP contribution in [-0.2, 0) is 4.43 Å². The highest BCUT2D eigenvalue weighted by Gasteiger charge is 2.37. The van der Waals surface area contributed by atoms with Crippen LogP contribution in [0, 0.1) is 0 Å². The summed E-state index contributed by atoms with van der Waals surface area (Å²) in [4.78, 5) is 14.1. The second-order valence-electron chi connectivity index (χ2n) is 7.88. The number of rotatable bonds is 7. The first kappa shape index (κ1) is 20.7. The molecule has 1 rings (SSSR count). The summed E-state index contributed by atoms with van der Waals surface area (Å²) >= 11 is 0.